The number of carboxylic acids is 1. The molecule has 8 nitrogen and oxygen atoms in total. The van der Waals surface area contributed by atoms with Crippen LogP contribution in [-0.2, 0) is 0 Å². The lowest BCUT2D eigenvalue weighted by Gasteiger charge is -2.27. The van der Waals surface area contributed by atoms with Gasteiger partial charge in [0.2, 0.25) is 17.8 Å². The van der Waals surface area contributed by atoms with E-state index in [1.54, 1.807) is 24.3 Å². The first-order valence-electron chi connectivity index (χ1n) is 9.61. The van der Waals surface area contributed by atoms with Crippen LogP contribution in [0.3, 0.4) is 0 Å². The van der Waals surface area contributed by atoms with Crippen molar-refractivity contribution in [1.29, 1.82) is 0 Å². The van der Waals surface area contributed by atoms with Gasteiger partial charge in [-0.05, 0) is 55.7 Å². The van der Waals surface area contributed by atoms with Crippen LogP contribution in [0.4, 0.5) is 29.2 Å². The molecule has 8 heteroatoms. The van der Waals surface area contributed by atoms with E-state index in [1.807, 2.05) is 30.3 Å². The van der Waals surface area contributed by atoms with Crippen molar-refractivity contribution in [2.45, 2.75) is 19.3 Å². The summed E-state index contributed by atoms with van der Waals surface area (Å²) in [6, 6.07) is 16.2. The van der Waals surface area contributed by atoms with Crippen LogP contribution in [-0.4, -0.2) is 39.1 Å². The highest BCUT2D eigenvalue weighted by molar-refractivity contribution is 5.88. The normalized spacial score (nSPS) is 13.7. The van der Waals surface area contributed by atoms with Gasteiger partial charge in [-0.25, -0.2) is 4.79 Å². The molecule has 0 amide bonds. The lowest BCUT2D eigenvalue weighted by molar-refractivity contribution is 0.0697. The zero-order valence-electron chi connectivity index (χ0n) is 15.9. The van der Waals surface area contributed by atoms with Gasteiger partial charge in [-0.1, -0.05) is 18.2 Å². The zero-order chi connectivity index (χ0) is 20.1. The molecule has 1 aromatic heterocycles. The van der Waals surface area contributed by atoms with E-state index in [4.69, 9.17) is 5.11 Å². The van der Waals surface area contributed by atoms with Crippen LogP contribution in [0.25, 0.3) is 0 Å². The van der Waals surface area contributed by atoms with Crippen LogP contribution >= 0.6 is 0 Å². The van der Waals surface area contributed by atoms with Gasteiger partial charge >= 0.3 is 5.97 Å². The maximum atomic E-state index is 11.0. The van der Waals surface area contributed by atoms with Gasteiger partial charge in [0.05, 0.1) is 5.56 Å². The Morgan fingerprint density at radius 2 is 1.38 bits per heavy atom. The van der Waals surface area contributed by atoms with E-state index in [1.165, 1.54) is 6.42 Å². The van der Waals surface area contributed by atoms with Crippen molar-refractivity contribution < 1.29 is 9.90 Å². The Labute approximate surface area is 168 Å². The van der Waals surface area contributed by atoms with Crippen LogP contribution in [0.15, 0.2) is 54.6 Å². The standard InChI is InChI=1S/C21H22N6O2/c28-18(29)15-9-11-17(12-10-15)23-20-24-19(22-16-7-3-1-4-8-16)25-21(26-20)27-13-5-2-6-14-27/h1,3-4,7-12H,2,5-6,13-14H2,(H,28,29)(H2,22,23,24,25,26). The number of carboxylic acid groups (broad SMARTS) is 1. The van der Waals surface area contributed by atoms with Gasteiger partial charge < -0.3 is 20.6 Å². The van der Waals surface area contributed by atoms with E-state index in [0.29, 0.717) is 23.5 Å². The highest BCUT2D eigenvalue weighted by Crippen LogP contribution is 2.22. The number of nitrogens with one attached hydrogen (secondary N) is 2. The van der Waals surface area contributed by atoms with Gasteiger partial charge in [0.15, 0.2) is 0 Å². The SMILES string of the molecule is O=C(O)c1ccc(Nc2nc(Nc3ccccc3)nc(N3CCCCC3)n2)cc1. The summed E-state index contributed by atoms with van der Waals surface area (Å²) >= 11 is 0. The van der Waals surface area contributed by atoms with Crippen molar-refractivity contribution in [2.24, 2.45) is 0 Å². The molecule has 0 spiro atoms. The number of aromatic carboxylic acids is 1. The summed E-state index contributed by atoms with van der Waals surface area (Å²) in [5, 5.41) is 15.4. The van der Waals surface area contributed by atoms with Crippen LogP contribution in [0.1, 0.15) is 29.6 Å². The third-order valence-corrected chi connectivity index (χ3v) is 4.68. The van der Waals surface area contributed by atoms with Crippen LogP contribution < -0.4 is 15.5 Å². The molecule has 4 rings (SSSR count). The highest BCUT2D eigenvalue weighted by atomic mass is 16.4. The van der Waals surface area contributed by atoms with E-state index in [-0.39, 0.29) is 5.56 Å². The lowest BCUT2D eigenvalue weighted by Crippen LogP contribution is -2.31. The molecule has 3 aromatic rings. The van der Waals surface area contributed by atoms with E-state index in [0.717, 1.165) is 31.6 Å². The summed E-state index contributed by atoms with van der Waals surface area (Å²) in [4.78, 5) is 26.9. The predicted molar refractivity (Wildman–Crippen MR) is 112 cm³/mol. The largest absolute Gasteiger partial charge is 0.478 e. The van der Waals surface area contributed by atoms with Crippen molar-refractivity contribution in [3.8, 4) is 0 Å². The highest BCUT2D eigenvalue weighted by Gasteiger charge is 2.16. The molecule has 2 heterocycles. The molecule has 0 bridgehead atoms. The molecule has 1 fully saturated rings. The summed E-state index contributed by atoms with van der Waals surface area (Å²) in [5.41, 5.74) is 1.82. The van der Waals surface area contributed by atoms with Gasteiger partial charge in [0.1, 0.15) is 0 Å². The number of hydrogen-bond acceptors (Lipinski definition) is 7. The van der Waals surface area contributed by atoms with Crippen molar-refractivity contribution in [1.82, 2.24) is 15.0 Å². The molecule has 1 aliphatic rings. The molecule has 0 atom stereocenters. The van der Waals surface area contributed by atoms with Crippen molar-refractivity contribution in [3.63, 3.8) is 0 Å². The van der Waals surface area contributed by atoms with Crippen molar-refractivity contribution >= 4 is 35.2 Å². The van der Waals surface area contributed by atoms with Gasteiger partial charge in [0, 0.05) is 24.5 Å². The first-order chi connectivity index (χ1) is 14.2. The second-order valence-corrected chi connectivity index (χ2v) is 6.83. The third kappa shape index (κ3) is 4.78. The Hall–Kier alpha value is -3.68. The Bertz CT molecular complexity index is 972. The van der Waals surface area contributed by atoms with Crippen LogP contribution in [0, 0.1) is 0 Å². The van der Waals surface area contributed by atoms with Crippen LogP contribution in [0.5, 0.6) is 0 Å². The number of carbonyl (C=O) groups is 1. The van der Waals surface area contributed by atoms with E-state index in [9.17, 15) is 4.79 Å². The van der Waals surface area contributed by atoms with Gasteiger partial charge in [-0.15, -0.1) is 0 Å². The minimum atomic E-state index is -0.960. The Morgan fingerprint density at radius 1 is 0.793 bits per heavy atom. The first kappa shape index (κ1) is 18.7. The Morgan fingerprint density at radius 3 is 1.97 bits per heavy atom. The molecule has 0 unspecified atom stereocenters. The number of anilines is 5. The number of para-hydroxylation sites is 1. The second-order valence-electron chi connectivity index (χ2n) is 6.83. The summed E-state index contributed by atoms with van der Waals surface area (Å²) in [7, 11) is 0. The number of aromatic nitrogens is 3. The summed E-state index contributed by atoms with van der Waals surface area (Å²) in [5.74, 6) is 0.528. The number of benzene rings is 2. The molecule has 3 N–H and O–H groups in total. The van der Waals surface area contributed by atoms with Gasteiger partial charge in [-0.3, -0.25) is 0 Å². The van der Waals surface area contributed by atoms with Gasteiger partial charge in [0.25, 0.3) is 0 Å². The summed E-state index contributed by atoms with van der Waals surface area (Å²) < 4.78 is 0. The number of rotatable bonds is 6. The maximum absolute atomic E-state index is 11.0. The fraction of sp³-hybridized carbons (Fsp3) is 0.238. The van der Waals surface area contributed by atoms with E-state index >= 15 is 0 Å². The summed E-state index contributed by atoms with van der Waals surface area (Å²) in [6.07, 6.45) is 3.46. The molecule has 0 saturated carbocycles. The van der Waals surface area contributed by atoms with E-state index in [2.05, 4.69) is 30.5 Å². The zero-order valence-corrected chi connectivity index (χ0v) is 15.9. The number of piperidine rings is 1. The smallest absolute Gasteiger partial charge is 0.335 e. The maximum Gasteiger partial charge on any atom is 0.335 e. The average molecular weight is 390 g/mol. The fourth-order valence-electron chi connectivity index (χ4n) is 3.19. The van der Waals surface area contributed by atoms with Crippen LogP contribution in [0.2, 0.25) is 0 Å². The monoisotopic (exact) mass is 390 g/mol. The fourth-order valence-corrected chi connectivity index (χ4v) is 3.19. The number of nitrogens with zero attached hydrogens (tertiary/aromatic N) is 4. The molecule has 1 aliphatic heterocycles. The second kappa shape index (κ2) is 8.55. The first-order valence-corrected chi connectivity index (χ1v) is 9.61. The molecule has 2 aromatic carbocycles. The predicted octanol–water partition coefficient (Wildman–Crippen LogP) is 4.05. The third-order valence-electron chi connectivity index (χ3n) is 4.68. The topological polar surface area (TPSA) is 103 Å². The molecule has 0 aliphatic carbocycles. The minimum Gasteiger partial charge on any atom is -0.478 e. The van der Waals surface area contributed by atoms with Crippen molar-refractivity contribution in [2.75, 3.05) is 28.6 Å². The van der Waals surface area contributed by atoms with Crippen molar-refractivity contribution in [3.05, 3.63) is 60.2 Å². The molecule has 29 heavy (non-hydrogen) atoms. The molecule has 148 valence electrons. The molecular weight excluding hydrogens is 368 g/mol. The quantitative estimate of drug-likeness (QED) is 0.579. The van der Waals surface area contributed by atoms with E-state index < -0.39 is 5.97 Å². The molecular formula is C21H22N6O2. The Kier molecular flexibility index (Phi) is 5.51. The minimum absolute atomic E-state index is 0.228. The Balaban J connectivity index is 1.62. The molecule has 0 radical (unpaired) electrons. The van der Waals surface area contributed by atoms with Gasteiger partial charge in [-0.2, -0.15) is 15.0 Å². The molecule has 1 saturated heterocycles. The average Bonchev–Trinajstić information content (AvgIpc) is 2.75. The number of hydrogen-bond donors (Lipinski definition) is 3. The lowest BCUT2D eigenvalue weighted by atomic mass is 10.1. The summed E-state index contributed by atoms with van der Waals surface area (Å²) in [6.45, 7) is 1.84.